The van der Waals surface area contributed by atoms with Gasteiger partial charge in [0.05, 0.1) is 0 Å². The summed E-state index contributed by atoms with van der Waals surface area (Å²) in [4.78, 5) is 0. The first-order valence-corrected chi connectivity index (χ1v) is 6.03. The molecule has 0 saturated heterocycles. The summed E-state index contributed by atoms with van der Waals surface area (Å²) in [6, 6.07) is 14.7. The molecule has 2 aromatic carbocycles. The minimum atomic E-state index is 0.444. The van der Waals surface area contributed by atoms with E-state index in [9.17, 15) is 0 Å². The molecule has 17 heavy (non-hydrogen) atoms. The summed E-state index contributed by atoms with van der Waals surface area (Å²) >= 11 is 0. The third kappa shape index (κ3) is 1.25. The maximum absolute atomic E-state index is 6.00. The van der Waals surface area contributed by atoms with Gasteiger partial charge in [-0.15, -0.1) is 0 Å². The first-order valence-electron chi connectivity index (χ1n) is 6.03. The molecule has 84 valence electrons. The van der Waals surface area contributed by atoms with Crippen LogP contribution in [0, 0.1) is 0 Å². The van der Waals surface area contributed by atoms with Crippen molar-refractivity contribution in [3.8, 4) is 11.5 Å². The van der Waals surface area contributed by atoms with Gasteiger partial charge in [-0.2, -0.15) is 0 Å². The van der Waals surface area contributed by atoms with Gasteiger partial charge in [-0.1, -0.05) is 30.3 Å². The van der Waals surface area contributed by atoms with Crippen molar-refractivity contribution in [3.05, 3.63) is 59.2 Å². The fourth-order valence-electron chi connectivity index (χ4n) is 2.93. The largest absolute Gasteiger partial charge is 0.457 e. The summed E-state index contributed by atoms with van der Waals surface area (Å²) in [5, 5.41) is 3.49. The predicted octanol–water partition coefficient (Wildman–Crippen LogP) is 3.03. The number of benzene rings is 2. The fraction of sp³-hybridized carbons (Fsp3) is 0.200. The van der Waals surface area contributed by atoms with Crippen LogP contribution in [0.15, 0.2) is 42.5 Å². The van der Waals surface area contributed by atoms with E-state index < -0.39 is 0 Å². The zero-order valence-electron chi connectivity index (χ0n) is 9.44. The second-order valence-electron chi connectivity index (χ2n) is 4.65. The topological polar surface area (TPSA) is 21.3 Å². The quantitative estimate of drug-likeness (QED) is 0.741. The number of para-hydroxylation sites is 1. The first kappa shape index (κ1) is 9.25. The molecule has 2 heterocycles. The van der Waals surface area contributed by atoms with E-state index in [0.29, 0.717) is 5.92 Å². The van der Waals surface area contributed by atoms with Crippen molar-refractivity contribution in [2.75, 3.05) is 6.54 Å². The Kier molecular flexibility index (Phi) is 1.82. The van der Waals surface area contributed by atoms with E-state index in [4.69, 9.17) is 4.74 Å². The van der Waals surface area contributed by atoms with Gasteiger partial charge in [0, 0.05) is 30.1 Å². The van der Waals surface area contributed by atoms with E-state index in [0.717, 1.165) is 24.6 Å². The highest BCUT2D eigenvalue weighted by Crippen LogP contribution is 2.46. The van der Waals surface area contributed by atoms with Gasteiger partial charge >= 0.3 is 0 Å². The summed E-state index contributed by atoms with van der Waals surface area (Å²) in [6.45, 7) is 1.95. The van der Waals surface area contributed by atoms with E-state index >= 15 is 0 Å². The average molecular weight is 223 g/mol. The lowest BCUT2D eigenvalue weighted by Gasteiger charge is -2.33. The first-order chi connectivity index (χ1) is 8.43. The van der Waals surface area contributed by atoms with Crippen molar-refractivity contribution in [1.82, 2.24) is 5.32 Å². The molecule has 0 radical (unpaired) electrons. The SMILES string of the molecule is c1ccc2c(c1)Oc1cccc3c1C2CNC3. The van der Waals surface area contributed by atoms with Gasteiger partial charge in [-0.3, -0.25) is 0 Å². The Hall–Kier alpha value is -1.80. The second kappa shape index (κ2) is 3.34. The number of hydrogen-bond acceptors (Lipinski definition) is 2. The Morgan fingerprint density at radius 2 is 1.88 bits per heavy atom. The van der Waals surface area contributed by atoms with Gasteiger partial charge < -0.3 is 10.1 Å². The van der Waals surface area contributed by atoms with Crippen LogP contribution in [0.3, 0.4) is 0 Å². The summed E-state index contributed by atoms with van der Waals surface area (Å²) in [5.41, 5.74) is 4.05. The molecule has 1 N–H and O–H groups in total. The Morgan fingerprint density at radius 1 is 1.00 bits per heavy atom. The van der Waals surface area contributed by atoms with Crippen LogP contribution in [-0.4, -0.2) is 6.54 Å². The Balaban J connectivity index is 1.99. The molecule has 2 aromatic rings. The van der Waals surface area contributed by atoms with Crippen molar-refractivity contribution in [1.29, 1.82) is 0 Å². The van der Waals surface area contributed by atoms with Gasteiger partial charge in [0.15, 0.2) is 0 Å². The lowest BCUT2D eigenvalue weighted by Crippen LogP contribution is -2.30. The molecule has 2 aliphatic rings. The summed E-state index contributed by atoms with van der Waals surface area (Å²) in [5.74, 6) is 2.48. The molecular weight excluding hydrogens is 210 g/mol. The lowest BCUT2D eigenvalue weighted by atomic mass is 9.83. The zero-order valence-corrected chi connectivity index (χ0v) is 9.44. The number of fused-ring (bicyclic) bond motifs is 2. The predicted molar refractivity (Wildman–Crippen MR) is 66.5 cm³/mol. The van der Waals surface area contributed by atoms with Crippen LogP contribution in [0.1, 0.15) is 22.6 Å². The molecule has 0 aromatic heterocycles. The van der Waals surface area contributed by atoms with E-state index in [2.05, 4.69) is 41.7 Å². The molecule has 1 unspecified atom stereocenters. The van der Waals surface area contributed by atoms with E-state index in [1.807, 2.05) is 6.07 Å². The van der Waals surface area contributed by atoms with Gasteiger partial charge in [0.2, 0.25) is 0 Å². The Labute approximate surface area is 100 Å². The molecule has 2 heteroatoms. The Morgan fingerprint density at radius 3 is 2.88 bits per heavy atom. The number of rotatable bonds is 0. The second-order valence-corrected chi connectivity index (χ2v) is 4.65. The third-order valence-corrected chi connectivity index (χ3v) is 3.68. The number of hydrogen-bond donors (Lipinski definition) is 1. The number of ether oxygens (including phenoxy) is 1. The molecule has 0 spiro atoms. The molecule has 0 aliphatic carbocycles. The van der Waals surface area contributed by atoms with E-state index in [1.165, 1.54) is 16.7 Å². The summed E-state index contributed by atoms with van der Waals surface area (Å²) in [6.07, 6.45) is 0. The molecule has 0 saturated carbocycles. The fourth-order valence-corrected chi connectivity index (χ4v) is 2.93. The van der Waals surface area contributed by atoms with Gasteiger partial charge in [0.1, 0.15) is 11.5 Å². The maximum Gasteiger partial charge on any atom is 0.131 e. The van der Waals surface area contributed by atoms with Crippen LogP contribution < -0.4 is 10.1 Å². The smallest absolute Gasteiger partial charge is 0.131 e. The van der Waals surface area contributed by atoms with Crippen molar-refractivity contribution >= 4 is 0 Å². The highest BCUT2D eigenvalue weighted by Gasteiger charge is 2.31. The van der Waals surface area contributed by atoms with Crippen LogP contribution in [0.2, 0.25) is 0 Å². The van der Waals surface area contributed by atoms with Gasteiger partial charge in [-0.25, -0.2) is 0 Å². The molecule has 0 fully saturated rings. The number of nitrogens with one attached hydrogen (secondary N) is 1. The van der Waals surface area contributed by atoms with Crippen LogP contribution in [-0.2, 0) is 6.54 Å². The van der Waals surface area contributed by atoms with Crippen LogP contribution in [0.25, 0.3) is 0 Å². The Bertz CT molecular complexity index is 591. The van der Waals surface area contributed by atoms with Gasteiger partial charge in [0.25, 0.3) is 0 Å². The highest BCUT2D eigenvalue weighted by atomic mass is 16.5. The van der Waals surface area contributed by atoms with E-state index in [-0.39, 0.29) is 0 Å². The zero-order chi connectivity index (χ0) is 11.2. The molecular formula is C15H13NO. The summed E-state index contributed by atoms with van der Waals surface area (Å²) < 4.78 is 6.00. The molecule has 2 aliphatic heterocycles. The van der Waals surface area contributed by atoms with Crippen molar-refractivity contribution in [2.24, 2.45) is 0 Å². The van der Waals surface area contributed by atoms with Crippen LogP contribution in [0.5, 0.6) is 11.5 Å². The van der Waals surface area contributed by atoms with Crippen LogP contribution >= 0.6 is 0 Å². The minimum absolute atomic E-state index is 0.444. The lowest BCUT2D eigenvalue weighted by molar-refractivity contribution is 0.428. The van der Waals surface area contributed by atoms with E-state index in [1.54, 1.807) is 0 Å². The monoisotopic (exact) mass is 223 g/mol. The highest BCUT2D eigenvalue weighted by molar-refractivity contribution is 5.57. The molecule has 0 amide bonds. The molecule has 4 rings (SSSR count). The molecule has 0 bridgehead atoms. The van der Waals surface area contributed by atoms with Crippen molar-refractivity contribution < 1.29 is 4.74 Å². The average Bonchev–Trinajstić information content (AvgIpc) is 2.39. The van der Waals surface area contributed by atoms with Crippen molar-refractivity contribution in [3.63, 3.8) is 0 Å². The normalized spacial score (nSPS) is 20.1. The molecule has 1 atom stereocenters. The van der Waals surface area contributed by atoms with Crippen LogP contribution in [0.4, 0.5) is 0 Å². The summed E-state index contributed by atoms with van der Waals surface area (Å²) in [7, 11) is 0. The maximum atomic E-state index is 6.00. The third-order valence-electron chi connectivity index (χ3n) is 3.68. The van der Waals surface area contributed by atoms with Crippen molar-refractivity contribution in [2.45, 2.75) is 12.5 Å². The minimum Gasteiger partial charge on any atom is -0.457 e. The molecule has 2 nitrogen and oxygen atoms in total. The standard InChI is InChI=1S/C15H13NO/c1-2-6-13-11(5-1)12-9-16-8-10-4-3-7-14(17-13)15(10)12/h1-7,12,16H,8-9H2. The van der Waals surface area contributed by atoms with Gasteiger partial charge in [-0.05, 0) is 17.7 Å².